The molecule has 0 saturated carbocycles. The van der Waals surface area contributed by atoms with Crippen LogP contribution in [0.25, 0.3) is 0 Å². The second-order valence-electron chi connectivity index (χ2n) is 14.2. The zero-order chi connectivity index (χ0) is 39.9. The first-order valence-corrected chi connectivity index (χ1v) is 21.3. The lowest BCUT2D eigenvalue weighted by atomic mass is 10.2. The molecule has 0 aromatic heterocycles. The first kappa shape index (κ1) is 40.6. The minimum atomic E-state index is -0.337. The maximum absolute atomic E-state index is 11.4. The van der Waals surface area contributed by atoms with E-state index in [9.17, 15) is 4.79 Å². The molecule has 13 heteroatoms. The third kappa shape index (κ3) is 12.4. The van der Waals surface area contributed by atoms with Gasteiger partial charge in [-0.05, 0) is 96.1 Å². The van der Waals surface area contributed by atoms with E-state index in [1.165, 1.54) is 25.9 Å². The molecule has 5 aromatic rings. The van der Waals surface area contributed by atoms with Gasteiger partial charge in [0.2, 0.25) is 0 Å². The van der Waals surface area contributed by atoms with Crippen LogP contribution in [0.4, 0.5) is 21.9 Å². The van der Waals surface area contributed by atoms with Crippen LogP contribution in [0.2, 0.25) is 0 Å². The number of hydrogen-bond acceptors (Lipinski definition) is 12. The van der Waals surface area contributed by atoms with Gasteiger partial charge >= 0.3 is 6.09 Å². The summed E-state index contributed by atoms with van der Waals surface area (Å²) >= 11 is 3.49. The van der Waals surface area contributed by atoms with Crippen LogP contribution in [0.5, 0.6) is 0 Å². The van der Waals surface area contributed by atoms with Gasteiger partial charge < -0.3 is 35.8 Å². The zero-order valence-corrected chi connectivity index (χ0v) is 34.7. The van der Waals surface area contributed by atoms with E-state index in [0.29, 0.717) is 0 Å². The topological polar surface area (TPSA) is 109 Å². The molecule has 8 rings (SSSR count). The lowest BCUT2D eigenvalue weighted by Gasteiger charge is -2.36. The van der Waals surface area contributed by atoms with Crippen LogP contribution in [-0.2, 0) is 17.9 Å². The number of para-hydroxylation sites is 1. The molecule has 0 aliphatic carbocycles. The van der Waals surface area contributed by atoms with E-state index in [0.717, 1.165) is 97.6 Å². The number of piperazine rings is 1. The number of benzene rings is 5. The van der Waals surface area contributed by atoms with Crippen LogP contribution in [0, 0.1) is 0 Å². The monoisotopic (exact) mass is 813 g/mol. The third-order valence-corrected chi connectivity index (χ3v) is 11.6. The molecule has 300 valence electrons. The summed E-state index contributed by atoms with van der Waals surface area (Å²) in [7, 11) is 3.33. The maximum Gasteiger partial charge on any atom is 0.409 e. The summed E-state index contributed by atoms with van der Waals surface area (Å²) in [5.74, 6) is 1.69. The van der Waals surface area contributed by atoms with Gasteiger partial charge in [0, 0.05) is 96.6 Å². The average molecular weight is 814 g/mol. The van der Waals surface area contributed by atoms with E-state index in [1.54, 1.807) is 37.6 Å². The molecule has 11 nitrogen and oxygen atoms in total. The van der Waals surface area contributed by atoms with Crippen LogP contribution < -0.4 is 26.2 Å². The molecule has 4 N–H and O–H groups in total. The largest absolute Gasteiger partial charge is 0.445 e. The van der Waals surface area contributed by atoms with Crippen molar-refractivity contribution in [3.63, 3.8) is 0 Å². The van der Waals surface area contributed by atoms with Crippen LogP contribution in [0.1, 0.15) is 11.1 Å². The van der Waals surface area contributed by atoms with Gasteiger partial charge in [-0.15, -0.1) is 0 Å². The van der Waals surface area contributed by atoms with Crippen molar-refractivity contribution in [2.75, 3.05) is 82.0 Å². The summed E-state index contributed by atoms with van der Waals surface area (Å²) in [5.41, 5.74) is 5.76. The Kier molecular flexibility index (Phi) is 14.5. The van der Waals surface area contributed by atoms with E-state index < -0.39 is 0 Å². The normalized spacial score (nSPS) is 14.9. The van der Waals surface area contributed by atoms with Crippen LogP contribution >= 0.6 is 23.5 Å². The number of amides is 1. The Bertz CT molecular complexity index is 2110. The number of nitrogens with one attached hydrogen (secondary N) is 4. The molecule has 3 aliphatic heterocycles. The van der Waals surface area contributed by atoms with Crippen molar-refractivity contribution in [3.05, 3.63) is 139 Å². The van der Waals surface area contributed by atoms with Gasteiger partial charge in [0.1, 0.15) is 6.61 Å². The summed E-state index contributed by atoms with van der Waals surface area (Å²) < 4.78 is 5.17. The highest BCUT2D eigenvalue weighted by molar-refractivity contribution is 7.99. The van der Waals surface area contributed by atoms with Gasteiger partial charge in [-0.3, -0.25) is 14.9 Å². The molecule has 0 atom stereocenters. The first-order valence-electron chi connectivity index (χ1n) is 19.6. The molecule has 0 spiro atoms. The van der Waals surface area contributed by atoms with Gasteiger partial charge in [-0.25, -0.2) is 4.79 Å². The van der Waals surface area contributed by atoms with Crippen LogP contribution in [0.15, 0.2) is 157 Å². The third-order valence-electron chi connectivity index (χ3n) is 9.53. The van der Waals surface area contributed by atoms with Crippen molar-refractivity contribution in [2.24, 2.45) is 9.98 Å². The molecule has 3 heterocycles. The maximum atomic E-state index is 11.4. The Morgan fingerprint density at radius 1 is 0.638 bits per heavy atom. The Balaban J connectivity index is 0.000000181. The van der Waals surface area contributed by atoms with Gasteiger partial charge in [-0.2, -0.15) is 0 Å². The lowest BCUT2D eigenvalue weighted by molar-refractivity contribution is 0.112. The number of nitrogens with zero attached hydrogens (tertiary/aromatic N) is 5. The highest BCUT2D eigenvalue weighted by Gasteiger charge is 2.17. The van der Waals surface area contributed by atoms with Crippen LogP contribution in [0.3, 0.4) is 0 Å². The number of anilines is 3. The molecule has 3 aliphatic rings. The number of carbonyl (C=O) groups excluding carboxylic acids is 1. The van der Waals surface area contributed by atoms with Gasteiger partial charge in [0.05, 0.1) is 13.1 Å². The van der Waals surface area contributed by atoms with Gasteiger partial charge in [-0.1, -0.05) is 66.0 Å². The number of guanidine groups is 2. The molecule has 0 bridgehead atoms. The van der Waals surface area contributed by atoms with Crippen molar-refractivity contribution in [1.82, 2.24) is 20.4 Å². The van der Waals surface area contributed by atoms with Crippen molar-refractivity contribution in [1.29, 1.82) is 0 Å². The van der Waals surface area contributed by atoms with Crippen molar-refractivity contribution in [2.45, 2.75) is 32.7 Å². The highest BCUT2D eigenvalue weighted by atomic mass is 32.2. The smallest absolute Gasteiger partial charge is 0.409 e. The molecular formula is C45H51N9O2S2. The molecule has 1 amide bonds. The predicted octanol–water partition coefficient (Wildman–Crippen LogP) is 7.94. The fourth-order valence-corrected chi connectivity index (χ4v) is 8.01. The van der Waals surface area contributed by atoms with Crippen molar-refractivity contribution < 1.29 is 9.53 Å². The van der Waals surface area contributed by atoms with E-state index in [1.807, 2.05) is 36.4 Å². The number of ether oxygens (including phenoxy) is 1. The summed E-state index contributed by atoms with van der Waals surface area (Å²) in [6.07, 6.45) is -0.337. The van der Waals surface area contributed by atoms with E-state index in [4.69, 9.17) is 4.74 Å². The summed E-state index contributed by atoms with van der Waals surface area (Å²) in [6, 6.07) is 44.5. The van der Waals surface area contributed by atoms with E-state index in [-0.39, 0.29) is 12.7 Å². The van der Waals surface area contributed by atoms with Crippen LogP contribution in [-0.4, -0.2) is 94.3 Å². The molecule has 0 radical (unpaired) electrons. The fraction of sp³-hybridized carbons (Fsp3) is 0.267. The zero-order valence-electron chi connectivity index (χ0n) is 33.1. The molecule has 1 saturated heterocycles. The minimum absolute atomic E-state index is 0.278. The fourth-order valence-electron chi connectivity index (χ4n) is 6.37. The summed E-state index contributed by atoms with van der Waals surface area (Å²) in [4.78, 5) is 31.4. The first-order chi connectivity index (χ1) is 28.4. The number of hydrogen-bond donors (Lipinski definition) is 4. The van der Waals surface area contributed by atoms with Gasteiger partial charge in [0.15, 0.2) is 11.9 Å². The number of rotatable bonds is 11. The minimum Gasteiger partial charge on any atom is -0.445 e. The predicted molar refractivity (Wildman–Crippen MR) is 240 cm³/mol. The Morgan fingerprint density at radius 3 is 1.55 bits per heavy atom. The average Bonchev–Trinajstić information content (AvgIpc) is 3.99. The standard InChI is InChI=1S/C26H29N5S.C19H22N4O2S/c1-2-4-23(5-3-1)31-18-16-30(17-19-31)20-21-6-10-24(11-7-21)32-25-12-8-22(9-13-25)29-26-27-14-15-28-26;1-23(2)19(24)25-13-14-3-7-16(8-4-14)26-17-9-5-15(6-10-17)22-18-20-11-12-21-18/h1-13H,14-20H2,(H2,27,28,29);3-10H,11-13H2,1-2H3,(H2,20,21,22). The molecular weight excluding hydrogens is 763 g/mol. The second kappa shape index (κ2) is 20.7. The number of aliphatic imine (C=N–C) groups is 2. The summed E-state index contributed by atoms with van der Waals surface area (Å²) in [6.45, 7) is 9.15. The van der Waals surface area contributed by atoms with Gasteiger partial charge in [0.25, 0.3) is 0 Å². The SMILES string of the molecule is CN(C)C(=O)OCc1ccc(Sc2ccc(NC3=NCCN3)cc2)cc1.c1ccc(N2CCN(Cc3ccc(Sc4ccc(NC5=NCCN5)cc4)cc3)CC2)cc1. The molecule has 5 aromatic carbocycles. The van der Waals surface area contributed by atoms with E-state index in [2.05, 4.69) is 132 Å². The van der Waals surface area contributed by atoms with Crippen molar-refractivity contribution in [3.8, 4) is 0 Å². The second-order valence-corrected chi connectivity index (χ2v) is 16.4. The highest BCUT2D eigenvalue weighted by Crippen LogP contribution is 2.30. The Labute approximate surface area is 350 Å². The molecule has 58 heavy (non-hydrogen) atoms. The lowest BCUT2D eigenvalue weighted by Crippen LogP contribution is -2.45. The Morgan fingerprint density at radius 2 is 1.10 bits per heavy atom. The quantitative estimate of drug-likeness (QED) is 0.105. The molecule has 0 unspecified atom stereocenters. The summed E-state index contributed by atoms with van der Waals surface area (Å²) in [5, 5.41) is 13.0. The number of carbonyl (C=O) groups is 1. The Hall–Kier alpha value is -5.63. The molecule has 1 fully saturated rings. The van der Waals surface area contributed by atoms with E-state index >= 15 is 0 Å². The van der Waals surface area contributed by atoms with Crippen molar-refractivity contribution >= 4 is 58.6 Å².